The van der Waals surface area contributed by atoms with Crippen molar-refractivity contribution >= 4 is 13.7 Å². The van der Waals surface area contributed by atoms with Crippen molar-refractivity contribution < 1.29 is 32.9 Å². The predicted octanol–water partition coefficient (Wildman–Crippen LogP) is 13.7. The lowest BCUT2D eigenvalue weighted by Gasteiger charge is -2.29. The third kappa shape index (κ3) is 45.8. The van der Waals surface area contributed by atoms with Gasteiger partial charge >= 0.3 is 0 Å². The summed E-state index contributed by atoms with van der Waals surface area (Å²) in [5.41, 5.74) is 0. The lowest BCUT2D eigenvalue weighted by atomic mass is 10.0. The number of nitrogens with zero attached hydrogens (tertiary/aromatic N) is 1. The molecule has 0 saturated heterocycles. The normalized spacial score (nSPS) is 14.8. The van der Waals surface area contributed by atoms with E-state index in [0.29, 0.717) is 17.4 Å². The lowest BCUT2D eigenvalue weighted by molar-refractivity contribution is -0.870. The van der Waals surface area contributed by atoms with Crippen LogP contribution in [0.1, 0.15) is 200 Å². The van der Waals surface area contributed by atoms with Crippen LogP contribution in [-0.4, -0.2) is 68.5 Å². The Morgan fingerprint density at radius 3 is 1.49 bits per heavy atom. The number of phosphoric acid groups is 1. The van der Waals surface area contributed by atoms with Gasteiger partial charge in [-0.05, 0) is 77.0 Å². The largest absolute Gasteiger partial charge is 0.756 e. The summed E-state index contributed by atoms with van der Waals surface area (Å²) in [6.07, 6.45) is 58.2. The van der Waals surface area contributed by atoms with E-state index in [1.54, 1.807) is 6.08 Å². The third-order valence-electron chi connectivity index (χ3n) is 10.6. The third-order valence-corrected chi connectivity index (χ3v) is 11.6. The summed E-state index contributed by atoms with van der Waals surface area (Å²) < 4.78 is 23.2. The molecule has 0 aliphatic carbocycles. The van der Waals surface area contributed by atoms with Crippen molar-refractivity contribution in [2.45, 2.75) is 212 Å². The van der Waals surface area contributed by atoms with Crippen LogP contribution in [-0.2, 0) is 18.4 Å². The molecule has 0 aliphatic heterocycles. The standard InChI is InChI=1S/C52H95N2O6P/c1-6-8-10-12-14-16-18-20-21-22-23-24-25-26-27-28-29-30-31-32-33-34-36-38-40-42-44-46-52(56)53-50(49-60-61(57,58)59-48-47-54(3,4)5)51(55)45-43-41-39-37-35-19-17-15-13-11-9-7-2/h13,15,18,20,22-23,25-26,35,37,43,45,50-51,55H,6-12,14,16-17,19,21,24,27-34,36,38-42,44,46-49H2,1-5H3,(H-,53,56,57,58)/b15-13+,20-18-,23-22-,26-25-,37-35+,45-43+. The number of rotatable bonds is 44. The number of phosphoric ester groups is 1. The molecule has 354 valence electrons. The van der Waals surface area contributed by atoms with Gasteiger partial charge in [-0.1, -0.05) is 189 Å². The van der Waals surface area contributed by atoms with Gasteiger partial charge in [-0.2, -0.15) is 0 Å². The molecule has 0 aliphatic rings. The van der Waals surface area contributed by atoms with E-state index in [1.807, 2.05) is 27.2 Å². The van der Waals surface area contributed by atoms with Crippen molar-refractivity contribution in [3.8, 4) is 0 Å². The highest BCUT2D eigenvalue weighted by Gasteiger charge is 2.23. The van der Waals surface area contributed by atoms with Gasteiger partial charge in [0.15, 0.2) is 0 Å². The molecule has 0 bridgehead atoms. The lowest BCUT2D eigenvalue weighted by Crippen LogP contribution is -2.45. The summed E-state index contributed by atoms with van der Waals surface area (Å²) >= 11 is 0. The summed E-state index contributed by atoms with van der Waals surface area (Å²) in [5.74, 6) is -0.218. The summed E-state index contributed by atoms with van der Waals surface area (Å²) in [7, 11) is 1.22. The fourth-order valence-corrected chi connectivity index (χ4v) is 7.37. The molecule has 0 aromatic carbocycles. The number of quaternary nitrogens is 1. The number of carbonyl (C=O) groups is 1. The maximum absolute atomic E-state index is 12.9. The Morgan fingerprint density at radius 1 is 0.574 bits per heavy atom. The number of hydrogen-bond donors (Lipinski definition) is 2. The first kappa shape index (κ1) is 58.9. The molecular formula is C52H95N2O6P. The van der Waals surface area contributed by atoms with E-state index in [9.17, 15) is 19.4 Å². The maximum Gasteiger partial charge on any atom is 0.268 e. The van der Waals surface area contributed by atoms with E-state index < -0.39 is 26.6 Å². The van der Waals surface area contributed by atoms with Crippen molar-refractivity contribution in [3.05, 3.63) is 72.9 Å². The first-order valence-electron chi connectivity index (χ1n) is 24.8. The number of unbranched alkanes of at least 4 members (excludes halogenated alkanes) is 21. The molecule has 0 heterocycles. The fraction of sp³-hybridized carbons (Fsp3) is 0.750. The molecular weight excluding hydrogens is 780 g/mol. The van der Waals surface area contributed by atoms with Crippen LogP contribution in [0.2, 0.25) is 0 Å². The van der Waals surface area contributed by atoms with Crippen molar-refractivity contribution in [1.82, 2.24) is 5.32 Å². The predicted molar refractivity (Wildman–Crippen MR) is 260 cm³/mol. The monoisotopic (exact) mass is 875 g/mol. The zero-order valence-corrected chi connectivity index (χ0v) is 41.0. The minimum atomic E-state index is -4.60. The highest BCUT2D eigenvalue weighted by molar-refractivity contribution is 7.45. The number of carbonyl (C=O) groups excluding carboxylic acids is 1. The molecule has 9 heteroatoms. The first-order valence-corrected chi connectivity index (χ1v) is 26.3. The summed E-state index contributed by atoms with van der Waals surface area (Å²) in [6, 6.07) is -0.912. The van der Waals surface area contributed by atoms with Gasteiger partial charge in [-0.15, -0.1) is 0 Å². The molecule has 0 radical (unpaired) electrons. The summed E-state index contributed by atoms with van der Waals surface area (Å²) in [6.45, 7) is 4.54. The molecule has 0 saturated carbocycles. The van der Waals surface area contributed by atoms with Crippen molar-refractivity contribution in [2.24, 2.45) is 0 Å². The highest BCUT2D eigenvalue weighted by Crippen LogP contribution is 2.38. The first-order chi connectivity index (χ1) is 29.5. The van der Waals surface area contributed by atoms with Crippen LogP contribution in [0.25, 0.3) is 0 Å². The molecule has 0 aromatic heterocycles. The second-order valence-electron chi connectivity index (χ2n) is 17.8. The minimum Gasteiger partial charge on any atom is -0.756 e. The van der Waals surface area contributed by atoms with E-state index in [-0.39, 0.29) is 12.5 Å². The number of likely N-dealkylation sites (N-methyl/N-ethyl adjacent to an activating group) is 1. The Kier molecular flexibility index (Phi) is 41.7. The number of amides is 1. The van der Waals surface area contributed by atoms with E-state index in [4.69, 9.17) is 9.05 Å². The second-order valence-corrected chi connectivity index (χ2v) is 19.2. The van der Waals surface area contributed by atoms with Crippen LogP contribution in [0.4, 0.5) is 0 Å². The van der Waals surface area contributed by atoms with Crippen molar-refractivity contribution in [2.75, 3.05) is 40.9 Å². The maximum atomic E-state index is 12.9. The average Bonchev–Trinajstić information content (AvgIpc) is 3.21. The molecule has 3 atom stereocenters. The van der Waals surface area contributed by atoms with E-state index >= 15 is 0 Å². The molecule has 0 aromatic rings. The van der Waals surface area contributed by atoms with Gasteiger partial charge in [0.05, 0.1) is 39.9 Å². The van der Waals surface area contributed by atoms with Gasteiger partial charge < -0.3 is 28.8 Å². The van der Waals surface area contributed by atoms with Crippen LogP contribution in [0.5, 0.6) is 0 Å². The van der Waals surface area contributed by atoms with Crippen LogP contribution < -0.4 is 10.2 Å². The smallest absolute Gasteiger partial charge is 0.268 e. The van der Waals surface area contributed by atoms with Crippen molar-refractivity contribution in [1.29, 1.82) is 0 Å². The van der Waals surface area contributed by atoms with Gasteiger partial charge in [0.25, 0.3) is 7.82 Å². The molecule has 0 rings (SSSR count). The zero-order chi connectivity index (χ0) is 45.0. The number of hydrogen-bond acceptors (Lipinski definition) is 6. The molecule has 3 unspecified atom stereocenters. The number of allylic oxidation sites excluding steroid dienone is 11. The van der Waals surface area contributed by atoms with E-state index in [1.165, 1.54) is 116 Å². The van der Waals surface area contributed by atoms with Gasteiger partial charge in [0.1, 0.15) is 13.2 Å². The Bertz CT molecular complexity index is 1220. The van der Waals surface area contributed by atoms with Gasteiger partial charge in [0.2, 0.25) is 5.91 Å². The Hall–Kier alpha value is -2.06. The molecule has 1 amide bonds. The van der Waals surface area contributed by atoms with Gasteiger partial charge in [-0.3, -0.25) is 9.36 Å². The van der Waals surface area contributed by atoms with Crippen molar-refractivity contribution in [3.63, 3.8) is 0 Å². The quantitative estimate of drug-likeness (QED) is 0.0273. The SMILES string of the molecule is CCCC/C=C/CC/C=C/CC/C=C/C(O)C(COP(=O)([O-])OCC[N+](C)(C)C)NC(=O)CCCCCCCCCCCCCC/C=C\C/C=C\C/C=C\CCCCCCC. The average molecular weight is 875 g/mol. The Morgan fingerprint density at radius 2 is 0.984 bits per heavy atom. The van der Waals surface area contributed by atoms with E-state index in [0.717, 1.165) is 64.2 Å². The molecule has 0 fully saturated rings. The Labute approximate surface area is 376 Å². The molecule has 8 nitrogen and oxygen atoms in total. The van der Waals surface area contributed by atoms with E-state index in [2.05, 4.69) is 79.9 Å². The van der Waals surface area contributed by atoms with Gasteiger partial charge in [0, 0.05) is 6.42 Å². The topological polar surface area (TPSA) is 108 Å². The minimum absolute atomic E-state index is 0.0123. The number of nitrogens with one attached hydrogen (secondary N) is 1. The zero-order valence-electron chi connectivity index (χ0n) is 40.1. The summed E-state index contributed by atoms with van der Waals surface area (Å²) in [4.78, 5) is 25.3. The molecule has 0 spiro atoms. The highest BCUT2D eigenvalue weighted by atomic mass is 31.2. The summed E-state index contributed by atoms with van der Waals surface area (Å²) in [5, 5.41) is 13.7. The molecule has 2 N–H and O–H groups in total. The second kappa shape index (κ2) is 43.2. The number of aliphatic hydroxyl groups is 1. The van der Waals surface area contributed by atoms with Gasteiger partial charge in [-0.25, -0.2) is 0 Å². The van der Waals surface area contributed by atoms with Crippen LogP contribution >= 0.6 is 7.82 Å². The van der Waals surface area contributed by atoms with Crippen LogP contribution in [0.3, 0.4) is 0 Å². The Balaban J connectivity index is 4.23. The number of aliphatic hydroxyl groups excluding tert-OH is 1. The fourth-order valence-electron chi connectivity index (χ4n) is 6.65. The molecule has 61 heavy (non-hydrogen) atoms. The van der Waals surface area contributed by atoms with Crippen LogP contribution in [0, 0.1) is 0 Å². The van der Waals surface area contributed by atoms with Crippen LogP contribution in [0.15, 0.2) is 72.9 Å².